The summed E-state index contributed by atoms with van der Waals surface area (Å²) in [5.74, 6) is 0. The molecule has 2 rings (SSSR count). The highest BCUT2D eigenvalue weighted by Crippen LogP contribution is 2.31. The molecule has 20 heavy (non-hydrogen) atoms. The molecule has 2 saturated heterocycles. The first kappa shape index (κ1) is 16.2. The molecule has 118 valence electrons. The van der Waals surface area contributed by atoms with E-state index in [2.05, 4.69) is 35.7 Å². The summed E-state index contributed by atoms with van der Waals surface area (Å²) < 4.78 is 0. The zero-order valence-corrected chi connectivity index (χ0v) is 13.8. The number of piperidine rings is 1. The molecule has 0 aliphatic carbocycles. The monoisotopic (exact) mass is 282 g/mol. The van der Waals surface area contributed by atoms with E-state index in [4.69, 9.17) is 5.73 Å². The van der Waals surface area contributed by atoms with Gasteiger partial charge in [0.15, 0.2) is 0 Å². The summed E-state index contributed by atoms with van der Waals surface area (Å²) in [7, 11) is 4.58. The standard InChI is InChI=1S/C16H34N4/c1-4-20-11-6-8-16(14-17,9-12-20)19(3)15-7-5-10-18(2)13-15/h15H,4-14,17H2,1-3H3. The Labute approximate surface area is 125 Å². The van der Waals surface area contributed by atoms with E-state index in [1.54, 1.807) is 0 Å². The van der Waals surface area contributed by atoms with Gasteiger partial charge in [-0.25, -0.2) is 0 Å². The van der Waals surface area contributed by atoms with Crippen molar-refractivity contribution in [3.05, 3.63) is 0 Å². The van der Waals surface area contributed by atoms with E-state index in [1.165, 1.54) is 64.8 Å². The number of nitrogens with zero attached hydrogens (tertiary/aromatic N) is 3. The van der Waals surface area contributed by atoms with E-state index in [-0.39, 0.29) is 5.54 Å². The largest absolute Gasteiger partial charge is 0.329 e. The van der Waals surface area contributed by atoms with E-state index in [0.717, 1.165) is 6.54 Å². The molecule has 2 aliphatic rings. The van der Waals surface area contributed by atoms with E-state index in [1.807, 2.05) is 0 Å². The molecule has 0 radical (unpaired) electrons. The first-order chi connectivity index (χ1) is 9.61. The molecule has 0 bridgehead atoms. The molecule has 0 amide bonds. The Morgan fingerprint density at radius 2 is 2.00 bits per heavy atom. The lowest BCUT2D eigenvalue weighted by molar-refractivity contribution is 0.0285. The highest BCUT2D eigenvalue weighted by molar-refractivity contribution is 4.97. The number of hydrogen-bond acceptors (Lipinski definition) is 4. The summed E-state index contributed by atoms with van der Waals surface area (Å²) in [5, 5.41) is 0. The van der Waals surface area contributed by atoms with E-state index >= 15 is 0 Å². The van der Waals surface area contributed by atoms with Crippen molar-refractivity contribution in [2.45, 2.75) is 50.6 Å². The van der Waals surface area contributed by atoms with Crippen molar-refractivity contribution in [2.75, 3.05) is 53.4 Å². The van der Waals surface area contributed by atoms with Crippen LogP contribution in [0.15, 0.2) is 0 Å². The average Bonchev–Trinajstić information content (AvgIpc) is 2.69. The topological polar surface area (TPSA) is 35.7 Å². The molecular formula is C16H34N4. The third-order valence-corrected chi connectivity index (χ3v) is 5.73. The van der Waals surface area contributed by atoms with Gasteiger partial charge in [-0.1, -0.05) is 6.92 Å². The lowest BCUT2D eigenvalue weighted by Crippen LogP contribution is -2.59. The fourth-order valence-electron chi connectivity index (χ4n) is 4.09. The molecular weight excluding hydrogens is 248 g/mol. The minimum Gasteiger partial charge on any atom is -0.329 e. The van der Waals surface area contributed by atoms with Crippen LogP contribution in [0.3, 0.4) is 0 Å². The van der Waals surface area contributed by atoms with Gasteiger partial charge in [0.2, 0.25) is 0 Å². The third kappa shape index (κ3) is 3.53. The molecule has 2 atom stereocenters. The van der Waals surface area contributed by atoms with Crippen molar-refractivity contribution in [1.82, 2.24) is 14.7 Å². The first-order valence-electron chi connectivity index (χ1n) is 8.45. The summed E-state index contributed by atoms with van der Waals surface area (Å²) in [6.45, 7) is 9.17. The van der Waals surface area contributed by atoms with Crippen molar-refractivity contribution in [3.63, 3.8) is 0 Å². The van der Waals surface area contributed by atoms with Gasteiger partial charge in [0.25, 0.3) is 0 Å². The zero-order chi connectivity index (χ0) is 14.6. The van der Waals surface area contributed by atoms with Gasteiger partial charge in [0.05, 0.1) is 0 Å². The van der Waals surface area contributed by atoms with E-state index < -0.39 is 0 Å². The van der Waals surface area contributed by atoms with Crippen LogP contribution >= 0.6 is 0 Å². The second kappa shape index (κ2) is 7.21. The van der Waals surface area contributed by atoms with Crippen LogP contribution in [0.25, 0.3) is 0 Å². The van der Waals surface area contributed by atoms with Crippen LogP contribution in [0, 0.1) is 0 Å². The molecule has 2 aliphatic heterocycles. The average molecular weight is 282 g/mol. The third-order valence-electron chi connectivity index (χ3n) is 5.73. The Hall–Kier alpha value is -0.160. The lowest BCUT2D eigenvalue weighted by Gasteiger charge is -2.47. The Morgan fingerprint density at radius 1 is 1.20 bits per heavy atom. The van der Waals surface area contributed by atoms with Crippen LogP contribution in [-0.2, 0) is 0 Å². The fourth-order valence-corrected chi connectivity index (χ4v) is 4.09. The van der Waals surface area contributed by atoms with E-state index in [0.29, 0.717) is 6.04 Å². The molecule has 4 nitrogen and oxygen atoms in total. The van der Waals surface area contributed by atoms with Gasteiger partial charge in [-0.3, -0.25) is 4.90 Å². The van der Waals surface area contributed by atoms with Crippen LogP contribution in [0.2, 0.25) is 0 Å². The Bertz CT molecular complexity index is 296. The second-order valence-corrected chi connectivity index (χ2v) is 6.89. The van der Waals surface area contributed by atoms with Crippen LogP contribution < -0.4 is 5.73 Å². The quantitative estimate of drug-likeness (QED) is 0.841. The summed E-state index contributed by atoms with van der Waals surface area (Å²) >= 11 is 0. The van der Waals surface area contributed by atoms with Crippen molar-refractivity contribution in [3.8, 4) is 0 Å². The summed E-state index contributed by atoms with van der Waals surface area (Å²) in [5.41, 5.74) is 6.49. The van der Waals surface area contributed by atoms with Crippen molar-refractivity contribution < 1.29 is 0 Å². The Morgan fingerprint density at radius 3 is 2.65 bits per heavy atom. The van der Waals surface area contributed by atoms with Crippen molar-refractivity contribution in [2.24, 2.45) is 5.73 Å². The molecule has 0 aromatic carbocycles. The number of hydrogen-bond donors (Lipinski definition) is 1. The van der Waals surface area contributed by atoms with Gasteiger partial charge >= 0.3 is 0 Å². The van der Waals surface area contributed by atoms with Crippen LogP contribution in [0.1, 0.15) is 39.0 Å². The number of likely N-dealkylation sites (N-methyl/N-ethyl adjacent to an activating group) is 2. The molecule has 0 aromatic heterocycles. The maximum Gasteiger partial charge on any atom is 0.0344 e. The summed E-state index contributed by atoms with van der Waals surface area (Å²) in [6.07, 6.45) is 6.44. The van der Waals surface area contributed by atoms with Gasteiger partial charge in [-0.2, -0.15) is 0 Å². The minimum absolute atomic E-state index is 0.229. The maximum absolute atomic E-state index is 6.26. The molecule has 2 N–H and O–H groups in total. The van der Waals surface area contributed by atoms with Crippen LogP contribution in [0.5, 0.6) is 0 Å². The molecule has 2 heterocycles. The minimum atomic E-state index is 0.229. The molecule has 2 fully saturated rings. The van der Waals surface area contributed by atoms with E-state index in [9.17, 15) is 0 Å². The maximum atomic E-state index is 6.26. The number of rotatable bonds is 4. The number of nitrogens with two attached hydrogens (primary N) is 1. The van der Waals surface area contributed by atoms with Gasteiger partial charge in [0.1, 0.15) is 0 Å². The molecule has 0 aromatic rings. The van der Waals surface area contributed by atoms with Crippen molar-refractivity contribution >= 4 is 0 Å². The zero-order valence-electron chi connectivity index (χ0n) is 13.8. The highest BCUT2D eigenvalue weighted by Gasteiger charge is 2.39. The smallest absolute Gasteiger partial charge is 0.0344 e. The second-order valence-electron chi connectivity index (χ2n) is 6.89. The Balaban J connectivity index is 2.04. The van der Waals surface area contributed by atoms with Gasteiger partial charge in [0, 0.05) is 24.7 Å². The van der Waals surface area contributed by atoms with Gasteiger partial charge in [-0.05, 0) is 72.4 Å². The fraction of sp³-hybridized carbons (Fsp3) is 1.00. The normalized spacial score (nSPS) is 34.4. The van der Waals surface area contributed by atoms with Gasteiger partial charge in [-0.15, -0.1) is 0 Å². The molecule has 2 unspecified atom stereocenters. The Kier molecular flexibility index (Phi) is 5.84. The van der Waals surface area contributed by atoms with Crippen molar-refractivity contribution in [1.29, 1.82) is 0 Å². The molecule has 0 spiro atoms. The van der Waals surface area contributed by atoms with Gasteiger partial charge < -0.3 is 15.5 Å². The van der Waals surface area contributed by atoms with Crippen LogP contribution in [0.4, 0.5) is 0 Å². The number of likely N-dealkylation sites (tertiary alicyclic amines) is 2. The molecule has 4 heteroatoms. The predicted octanol–water partition coefficient (Wildman–Crippen LogP) is 1.22. The van der Waals surface area contributed by atoms with Crippen LogP contribution in [-0.4, -0.2) is 79.6 Å². The SMILES string of the molecule is CCN1CCCC(CN)(N(C)C2CCCN(C)C2)CC1. The first-order valence-corrected chi connectivity index (χ1v) is 8.45. The lowest BCUT2D eigenvalue weighted by atomic mass is 9.86. The predicted molar refractivity (Wildman–Crippen MR) is 86.0 cm³/mol. The summed E-state index contributed by atoms with van der Waals surface area (Å²) in [6, 6.07) is 0.686. The molecule has 0 saturated carbocycles. The summed E-state index contributed by atoms with van der Waals surface area (Å²) in [4.78, 5) is 7.71. The highest BCUT2D eigenvalue weighted by atomic mass is 15.3.